The Balaban J connectivity index is 1.91. The zero-order valence-corrected chi connectivity index (χ0v) is 15.8. The van der Waals surface area contributed by atoms with Crippen molar-refractivity contribution in [2.75, 3.05) is 23.4 Å². The second-order valence-electron chi connectivity index (χ2n) is 6.46. The van der Waals surface area contributed by atoms with Gasteiger partial charge in [-0.05, 0) is 67.0 Å². The lowest BCUT2D eigenvalue weighted by atomic mass is 9.93. The molecule has 1 aliphatic rings. The van der Waals surface area contributed by atoms with Crippen LogP contribution in [0, 0.1) is 5.41 Å². The molecule has 2 amide bonds. The first-order chi connectivity index (χ1) is 11.8. The van der Waals surface area contributed by atoms with Gasteiger partial charge in [0, 0.05) is 12.2 Å². The SMILES string of the molecule is CCN1C(=O)C(C)(C)COc2ccc(NC(=O)c3ccc(Br)o3)cc21. The summed E-state index contributed by atoms with van der Waals surface area (Å²) in [5, 5.41) is 2.78. The zero-order valence-electron chi connectivity index (χ0n) is 14.3. The molecule has 1 aromatic heterocycles. The van der Waals surface area contributed by atoms with Gasteiger partial charge in [0.25, 0.3) is 5.91 Å². The third kappa shape index (κ3) is 3.42. The maximum absolute atomic E-state index is 12.8. The fraction of sp³-hybridized carbons (Fsp3) is 0.333. The molecule has 6 nitrogen and oxygen atoms in total. The van der Waals surface area contributed by atoms with Gasteiger partial charge in [-0.3, -0.25) is 9.59 Å². The predicted molar refractivity (Wildman–Crippen MR) is 98.1 cm³/mol. The van der Waals surface area contributed by atoms with Crippen molar-refractivity contribution >= 4 is 39.1 Å². The number of furan rings is 1. The number of hydrogen-bond donors (Lipinski definition) is 1. The Morgan fingerprint density at radius 3 is 2.72 bits per heavy atom. The Bertz CT molecular complexity index is 828. The largest absolute Gasteiger partial charge is 0.490 e. The van der Waals surface area contributed by atoms with Crippen LogP contribution in [0.25, 0.3) is 0 Å². The van der Waals surface area contributed by atoms with E-state index in [1.54, 1.807) is 35.2 Å². The Labute approximate surface area is 154 Å². The van der Waals surface area contributed by atoms with E-state index in [-0.39, 0.29) is 17.6 Å². The van der Waals surface area contributed by atoms with Crippen molar-refractivity contribution in [3.05, 3.63) is 40.8 Å². The minimum Gasteiger partial charge on any atom is -0.490 e. The average molecular weight is 407 g/mol. The van der Waals surface area contributed by atoms with Gasteiger partial charge in [0.2, 0.25) is 5.91 Å². The third-order valence-electron chi connectivity index (χ3n) is 4.03. The fourth-order valence-corrected chi connectivity index (χ4v) is 2.97. The number of nitrogens with one attached hydrogen (secondary N) is 1. The number of carbonyl (C=O) groups excluding carboxylic acids is 2. The van der Waals surface area contributed by atoms with Crippen LogP contribution in [0.4, 0.5) is 11.4 Å². The molecule has 0 atom stereocenters. The second kappa shape index (κ2) is 6.55. The van der Waals surface area contributed by atoms with Gasteiger partial charge in [0.05, 0.1) is 11.1 Å². The first kappa shape index (κ1) is 17.5. The highest BCUT2D eigenvalue weighted by molar-refractivity contribution is 9.10. The van der Waals surface area contributed by atoms with Crippen LogP contribution < -0.4 is 15.0 Å². The summed E-state index contributed by atoms with van der Waals surface area (Å²) in [6, 6.07) is 8.48. The molecule has 0 bridgehead atoms. The third-order valence-corrected chi connectivity index (χ3v) is 4.46. The van der Waals surface area contributed by atoms with Crippen LogP contribution in [-0.2, 0) is 4.79 Å². The number of halogens is 1. The molecular weight excluding hydrogens is 388 g/mol. The Kier molecular flexibility index (Phi) is 4.60. The highest BCUT2D eigenvalue weighted by atomic mass is 79.9. The molecule has 1 aliphatic heterocycles. The Morgan fingerprint density at radius 2 is 2.08 bits per heavy atom. The average Bonchev–Trinajstić information content (AvgIpc) is 2.97. The summed E-state index contributed by atoms with van der Waals surface area (Å²) in [5.41, 5.74) is 0.598. The second-order valence-corrected chi connectivity index (χ2v) is 7.24. The summed E-state index contributed by atoms with van der Waals surface area (Å²) in [5.74, 6) is 0.448. The number of fused-ring (bicyclic) bond motifs is 1. The van der Waals surface area contributed by atoms with Crippen LogP contribution in [0.15, 0.2) is 39.4 Å². The smallest absolute Gasteiger partial charge is 0.291 e. The summed E-state index contributed by atoms with van der Waals surface area (Å²) >= 11 is 3.17. The molecule has 7 heteroatoms. The van der Waals surface area contributed by atoms with Gasteiger partial charge in [0.15, 0.2) is 10.4 Å². The summed E-state index contributed by atoms with van der Waals surface area (Å²) in [6.07, 6.45) is 0. The van der Waals surface area contributed by atoms with E-state index in [1.807, 2.05) is 20.8 Å². The van der Waals surface area contributed by atoms with E-state index < -0.39 is 5.41 Å². The Hall–Kier alpha value is -2.28. The van der Waals surface area contributed by atoms with E-state index in [1.165, 1.54) is 0 Å². The van der Waals surface area contributed by atoms with Crippen molar-refractivity contribution in [3.63, 3.8) is 0 Å². The first-order valence-corrected chi connectivity index (χ1v) is 8.76. The lowest BCUT2D eigenvalue weighted by Crippen LogP contribution is -2.42. The van der Waals surface area contributed by atoms with Gasteiger partial charge < -0.3 is 19.4 Å². The molecule has 0 aliphatic carbocycles. The number of benzene rings is 1. The number of anilines is 2. The number of rotatable bonds is 3. The van der Waals surface area contributed by atoms with Gasteiger partial charge >= 0.3 is 0 Å². The van der Waals surface area contributed by atoms with Crippen molar-refractivity contribution in [1.29, 1.82) is 0 Å². The van der Waals surface area contributed by atoms with E-state index in [2.05, 4.69) is 21.2 Å². The molecule has 1 N–H and O–H groups in total. The van der Waals surface area contributed by atoms with E-state index >= 15 is 0 Å². The molecule has 25 heavy (non-hydrogen) atoms. The van der Waals surface area contributed by atoms with Crippen LogP contribution in [0.2, 0.25) is 0 Å². The lowest BCUT2D eigenvalue weighted by Gasteiger charge is -2.27. The van der Waals surface area contributed by atoms with Crippen LogP contribution in [-0.4, -0.2) is 25.0 Å². The van der Waals surface area contributed by atoms with E-state index in [9.17, 15) is 9.59 Å². The van der Waals surface area contributed by atoms with E-state index in [0.717, 1.165) is 0 Å². The maximum Gasteiger partial charge on any atom is 0.291 e. The van der Waals surface area contributed by atoms with Crippen molar-refractivity contribution in [2.45, 2.75) is 20.8 Å². The number of ether oxygens (including phenoxy) is 1. The molecule has 0 unspecified atom stereocenters. The van der Waals surface area contributed by atoms with Gasteiger partial charge in [-0.1, -0.05) is 0 Å². The predicted octanol–water partition coefficient (Wildman–Crippen LogP) is 4.07. The van der Waals surface area contributed by atoms with E-state index in [0.29, 0.717) is 34.9 Å². The molecule has 2 aromatic rings. The standard InChI is InChI=1S/C18H19BrN2O4/c1-4-21-12-9-11(20-16(22)14-7-8-15(19)25-14)5-6-13(12)24-10-18(2,3)17(21)23/h5-9H,4,10H2,1-3H3,(H,20,22). The summed E-state index contributed by atoms with van der Waals surface area (Å²) in [6.45, 7) is 6.46. The Morgan fingerprint density at radius 1 is 1.32 bits per heavy atom. The monoisotopic (exact) mass is 406 g/mol. The summed E-state index contributed by atoms with van der Waals surface area (Å²) in [7, 11) is 0. The van der Waals surface area contributed by atoms with Gasteiger partial charge in [0.1, 0.15) is 12.4 Å². The zero-order chi connectivity index (χ0) is 18.2. The highest BCUT2D eigenvalue weighted by Gasteiger charge is 2.37. The van der Waals surface area contributed by atoms with Crippen LogP contribution in [0.5, 0.6) is 5.75 Å². The van der Waals surface area contributed by atoms with Gasteiger partial charge in [-0.2, -0.15) is 0 Å². The first-order valence-electron chi connectivity index (χ1n) is 7.97. The topological polar surface area (TPSA) is 71.8 Å². The normalized spacial score (nSPS) is 16.0. The number of amides is 2. The lowest BCUT2D eigenvalue weighted by molar-refractivity contribution is -0.127. The van der Waals surface area contributed by atoms with Gasteiger partial charge in [-0.25, -0.2) is 0 Å². The molecule has 0 fully saturated rings. The molecule has 132 valence electrons. The van der Waals surface area contributed by atoms with Crippen LogP contribution >= 0.6 is 15.9 Å². The van der Waals surface area contributed by atoms with Crippen molar-refractivity contribution in [3.8, 4) is 5.75 Å². The van der Waals surface area contributed by atoms with Crippen molar-refractivity contribution in [1.82, 2.24) is 0 Å². The van der Waals surface area contributed by atoms with Crippen LogP contribution in [0.1, 0.15) is 31.3 Å². The van der Waals surface area contributed by atoms with Crippen molar-refractivity contribution in [2.24, 2.45) is 5.41 Å². The summed E-state index contributed by atoms with van der Waals surface area (Å²) in [4.78, 5) is 26.7. The molecule has 0 spiro atoms. The van der Waals surface area contributed by atoms with Gasteiger partial charge in [-0.15, -0.1) is 0 Å². The number of carbonyl (C=O) groups is 2. The molecular formula is C18H19BrN2O4. The molecule has 0 saturated carbocycles. The number of nitrogens with zero attached hydrogens (tertiary/aromatic N) is 1. The molecule has 0 radical (unpaired) electrons. The van der Waals surface area contributed by atoms with E-state index in [4.69, 9.17) is 9.15 Å². The minimum absolute atomic E-state index is 0.00723. The quantitative estimate of drug-likeness (QED) is 0.833. The van der Waals surface area contributed by atoms with Crippen LogP contribution in [0.3, 0.4) is 0 Å². The fourth-order valence-electron chi connectivity index (χ4n) is 2.67. The summed E-state index contributed by atoms with van der Waals surface area (Å²) < 4.78 is 11.6. The molecule has 2 heterocycles. The number of hydrogen-bond acceptors (Lipinski definition) is 4. The van der Waals surface area contributed by atoms with Crippen molar-refractivity contribution < 1.29 is 18.7 Å². The molecule has 0 saturated heterocycles. The molecule has 1 aromatic carbocycles. The molecule has 3 rings (SSSR count). The maximum atomic E-state index is 12.8. The highest BCUT2D eigenvalue weighted by Crippen LogP contribution is 2.38. The minimum atomic E-state index is -0.612.